The number of pyridine rings is 2. The van der Waals surface area contributed by atoms with E-state index in [-0.39, 0.29) is 59.5 Å². The topological polar surface area (TPSA) is 191 Å². The van der Waals surface area contributed by atoms with Crippen LogP contribution in [0.2, 0.25) is 0 Å². The number of aliphatic hydroxyl groups is 2. The van der Waals surface area contributed by atoms with Crippen LogP contribution in [0.25, 0.3) is 11.1 Å². The predicted molar refractivity (Wildman–Crippen MR) is 245 cm³/mol. The highest BCUT2D eigenvalue weighted by Crippen LogP contribution is 2.46. The van der Waals surface area contributed by atoms with Crippen LogP contribution in [0.15, 0.2) is 48.5 Å². The number of ether oxygens (including phenoxy) is 5. The largest absolute Gasteiger partial charge is 0.481 e. The number of carboxylic acids is 1. The van der Waals surface area contributed by atoms with Gasteiger partial charge in [-0.1, -0.05) is 36.4 Å². The molecule has 2 atom stereocenters. The van der Waals surface area contributed by atoms with Crippen LogP contribution in [0.4, 0.5) is 0 Å². The molecular formula is C46H62N4O10S2. The van der Waals surface area contributed by atoms with Gasteiger partial charge in [-0.25, -0.2) is 0 Å². The first-order chi connectivity index (χ1) is 29.0. The minimum absolute atomic E-state index is 0. The van der Waals surface area contributed by atoms with Gasteiger partial charge < -0.3 is 49.6 Å². The number of nitrogens with zero attached hydrogens (tertiary/aromatic N) is 2. The van der Waals surface area contributed by atoms with E-state index in [2.05, 4.69) is 54.8 Å². The zero-order valence-corrected chi connectivity index (χ0v) is 38.2. The fourth-order valence-corrected chi connectivity index (χ4v) is 7.35. The van der Waals surface area contributed by atoms with E-state index >= 15 is 0 Å². The smallest absolute Gasteiger partial charge is 0.308 e. The predicted octanol–water partition coefficient (Wildman–Crippen LogP) is 6.24. The van der Waals surface area contributed by atoms with Crippen LogP contribution in [0.1, 0.15) is 102 Å². The number of carboxylic acid groups (broad SMARTS) is 1. The molecule has 5 N–H and O–H groups in total. The molecule has 0 bridgehead atoms. The highest BCUT2D eigenvalue weighted by molar-refractivity contribution is 7.59. The molecule has 0 radical (unpaired) electrons. The molecule has 14 nitrogen and oxygen atoms in total. The molecule has 2 heterocycles. The van der Waals surface area contributed by atoms with Gasteiger partial charge in [-0.3, -0.25) is 9.59 Å². The number of carbonyl (C=O) groups is 2. The monoisotopic (exact) mass is 894 g/mol. The maximum atomic E-state index is 11.7. The second-order valence-electron chi connectivity index (χ2n) is 15.6. The van der Waals surface area contributed by atoms with E-state index in [9.17, 15) is 19.8 Å². The molecule has 2 saturated carbocycles. The Hall–Kier alpha value is -4.58. The maximum absolute atomic E-state index is 11.7. The Kier molecular flexibility index (Phi) is 19.2. The van der Waals surface area contributed by atoms with Gasteiger partial charge >= 0.3 is 11.9 Å². The van der Waals surface area contributed by atoms with E-state index < -0.39 is 24.1 Å². The van der Waals surface area contributed by atoms with Crippen molar-refractivity contribution in [3.8, 4) is 34.6 Å². The molecule has 0 saturated heterocycles. The van der Waals surface area contributed by atoms with Gasteiger partial charge in [0, 0.05) is 48.4 Å². The first-order valence-corrected chi connectivity index (χ1v) is 20.7. The second kappa shape index (κ2) is 23.7. The summed E-state index contributed by atoms with van der Waals surface area (Å²) < 4.78 is 29.2. The number of nitrogens with one attached hydrogen (secondary N) is 2. The van der Waals surface area contributed by atoms with Crippen molar-refractivity contribution in [1.29, 1.82) is 0 Å². The number of esters is 1. The molecule has 0 aliphatic heterocycles. The van der Waals surface area contributed by atoms with Crippen LogP contribution in [0.3, 0.4) is 0 Å². The lowest BCUT2D eigenvalue weighted by molar-refractivity contribution is -0.145. The molecule has 2 aliphatic carbocycles. The van der Waals surface area contributed by atoms with E-state index in [0.717, 1.165) is 81.3 Å². The summed E-state index contributed by atoms with van der Waals surface area (Å²) in [5, 5.41) is 35.5. The Balaban J connectivity index is 0.00000422. The average Bonchev–Trinajstić information content (AvgIpc) is 4.16. The molecule has 0 unspecified atom stereocenters. The molecule has 0 amide bonds. The lowest BCUT2D eigenvalue weighted by Crippen LogP contribution is -2.29. The van der Waals surface area contributed by atoms with Crippen LogP contribution >= 0.6 is 27.0 Å². The number of carbonyl (C=O) groups excluding carboxylic acids is 1. The Morgan fingerprint density at radius 3 is 1.52 bits per heavy atom. The van der Waals surface area contributed by atoms with Crippen molar-refractivity contribution in [2.24, 2.45) is 0 Å². The summed E-state index contributed by atoms with van der Waals surface area (Å²) in [6.07, 6.45) is 1.94. The van der Waals surface area contributed by atoms with Gasteiger partial charge in [0.1, 0.15) is 13.2 Å². The summed E-state index contributed by atoms with van der Waals surface area (Å²) in [4.78, 5) is 32.3. The third-order valence-electron chi connectivity index (χ3n) is 10.9. The van der Waals surface area contributed by atoms with E-state index in [1.807, 2.05) is 18.2 Å². The van der Waals surface area contributed by atoms with Crippen LogP contribution < -0.4 is 29.6 Å². The summed E-state index contributed by atoms with van der Waals surface area (Å²) >= 11 is 0. The molecule has 0 spiro atoms. The molecule has 2 aliphatic rings. The third-order valence-corrected chi connectivity index (χ3v) is 10.9. The lowest BCUT2D eigenvalue weighted by atomic mass is 9.92. The molecule has 338 valence electrons. The SMILES string of the molecule is CCOC(=O)C[C@H](O)CNCc1cc(C2CC2)c(OCc2cccc(-c3cccc(COc4nc(OC)c(CNC[C@@H](O)CC(=O)O)cc4C4CC4)c3C)c2C)nc1OC.S.S. The molecule has 2 aromatic carbocycles. The Morgan fingerprint density at radius 2 is 1.13 bits per heavy atom. The van der Waals surface area contributed by atoms with Crippen LogP contribution in [0.5, 0.6) is 23.5 Å². The van der Waals surface area contributed by atoms with Crippen LogP contribution in [-0.4, -0.2) is 83.4 Å². The van der Waals surface area contributed by atoms with Gasteiger partial charge in [0.05, 0.1) is 45.9 Å². The normalized spacial score (nSPS) is 14.2. The van der Waals surface area contributed by atoms with Crippen LogP contribution in [-0.2, 0) is 40.6 Å². The summed E-state index contributed by atoms with van der Waals surface area (Å²) in [6, 6.07) is 16.6. The molecular weight excluding hydrogens is 833 g/mol. The Morgan fingerprint density at radius 1 is 0.694 bits per heavy atom. The summed E-state index contributed by atoms with van der Waals surface area (Å²) in [5.41, 5.74) is 10.2. The minimum Gasteiger partial charge on any atom is -0.481 e. The zero-order chi connectivity index (χ0) is 42.8. The Labute approximate surface area is 378 Å². The molecule has 4 aromatic rings. The van der Waals surface area contributed by atoms with Gasteiger partial charge in [0.15, 0.2) is 0 Å². The second-order valence-corrected chi connectivity index (χ2v) is 15.6. The van der Waals surface area contributed by atoms with E-state index in [1.54, 1.807) is 21.1 Å². The highest BCUT2D eigenvalue weighted by atomic mass is 32.1. The fourth-order valence-electron chi connectivity index (χ4n) is 7.35. The van der Waals surface area contributed by atoms with Gasteiger partial charge in [-0.15, -0.1) is 0 Å². The quantitative estimate of drug-likeness (QED) is 0.0497. The van der Waals surface area contributed by atoms with Crippen molar-refractivity contribution in [3.63, 3.8) is 0 Å². The first kappa shape index (κ1) is 50.1. The Bertz CT molecular complexity index is 2130. The minimum atomic E-state index is -1.05. The molecule has 2 fully saturated rings. The average molecular weight is 895 g/mol. The maximum Gasteiger partial charge on any atom is 0.308 e. The van der Waals surface area contributed by atoms with E-state index in [1.165, 1.54) is 0 Å². The highest BCUT2D eigenvalue weighted by Gasteiger charge is 2.31. The number of benzene rings is 2. The molecule has 16 heteroatoms. The number of hydrogen-bond donors (Lipinski definition) is 5. The van der Waals surface area contributed by atoms with E-state index in [4.69, 9.17) is 38.8 Å². The first-order valence-electron chi connectivity index (χ1n) is 20.7. The van der Waals surface area contributed by atoms with Crippen molar-refractivity contribution in [2.45, 2.75) is 110 Å². The number of hydrogen-bond acceptors (Lipinski definition) is 13. The number of methoxy groups -OCH3 is 2. The lowest BCUT2D eigenvalue weighted by Gasteiger charge is -2.19. The summed E-state index contributed by atoms with van der Waals surface area (Å²) in [5.74, 6) is 1.17. The van der Waals surface area contributed by atoms with Crippen LogP contribution in [0, 0.1) is 13.8 Å². The van der Waals surface area contributed by atoms with Gasteiger partial charge in [0.25, 0.3) is 0 Å². The molecule has 62 heavy (non-hydrogen) atoms. The van der Waals surface area contributed by atoms with Crippen molar-refractivity contribution >= 4 is 38.9 Å². The van der Waals surface area contributed by atoms with E-state index in [0.29, 0.717) is 61.7 Å². The standard InChI is InChI=1S/C46H58N4O10.2H2S/c1-6-58-42(55)20-36(52)24-48-22-34-18-40(30-15-16-30)46(50-44(34)57-5)60-26-32-10-8-12-38(28(32)3)37-11-7-9-31(27(37)2)25-59-45-39(29-13-14-29)17-33(43(49-45)56-4)21-47-23-35(51)19-41(53)54;;/h7-12,17-18,29-30,35-36,47-48,51-52H,6,13-16,19-26H2,1-5H3,(H,53,54);2*1H2/t35-,36-;;/m0../s1. The summed E-state index contributed by atoms with van der Waals surface area (Å²) in [7, 11) is 3.14. The number of rotatable bonds is 24. The van der Waals surface area contributed by atoms with Gasteiger partial charge in [-0.05, 0) is 104 Å². The zero-order valence-electron chi connectivity index (χ0n) is 36.2. The third kappa shape index (κ3) is 13.5. The fraction of sp³-hybridized carbons (Fsp3) is 0.478. The number of aliphatic carboxylic acids is 1. The van der Waals surface area contributed by atoms with Crippen molar-refractivity contribution in [1.82, 2.24) is 20.6 Å². The van der Waals surface area contributed by atoms with Gasteiger partial charge in [-0.2, -0.15) is 37.0 Å². The van der Waals surface area contributed by atoms with Crippen molar-refractivity contribution < 1.29 is 48.6 Å². The van der Waals surface area contributed by atoms with Crippen molar-refractivity contribution in [3.05, 3.63) is 93.0 Å². The van der Waals surface area contributed by atoms with Crippen molar-refractivity contribution in [2.75, 3.05) is 33.9 Å². The number of aromatic nitrogens is 2. The van der Waals surface area contributed by atoms with Gasteiger partial charge in [0.2, 0.25) is 23.5 Å². The summed E-state index contributed by atoms with van der Waals surface area (Å²) in [6.45, 7) is 7.99. The molecule has 2 aromatic heterocycles. The molecule has 6 rings (SSSR count). The number of aliphatic hydroxyl groups excluding tert-OH is 2.